The van der Waals surface area contributed by atoms with Gasteiger partial charge in [-0.05, 0) is 14.0 Å². The molecule has 1 fully saturated rings. The lowest BCUT2D eigenvalue weighted by atomic mass is 10.2. The van der Waals surface area contributed by atoms with Gasteiger partial charge in [-0.1, -0.05) is 0 Å². The summed E-state index contributed by atoms with van der Waals surface area (Å²) >= 11 is 0. The van der Waals surface area contributed by atoms with Crippen molar-refractivity contribution in [2.24, 2.45) is 0 Å². The zero-order valence-corrected chi connectivity index (χ0v) is 8.80. The highest BCUT2D eigenvalue weighted by Gasteiger charge is 2.27. The molecule has 0 bridgehead atoms. The largest absolute Gasteiger partial charge is 0.465 e. The lowest BCUT2D eigenvalue weighted by molar-refractivity contribution is -0.154. The van der Waals surface area contributed by atoms with E-state index in [0.717, 1.165) is 6.54 Å². The molecule has 0 spiro atoms. The Bertz CT molecular complexity index is 165. The van der Waals surface area contributed by atoms with E-state index >= 15 is 0 Å². The summed E-state index contributed by atoms with van der Waals surface area (Å²) in [6.45, 7) is 4.19. The summed E-state index contributed by atoms with van der Waals surface area (Å²) < 4.78 is 10.1. The van der Waals surface area contributed by atoms with Crippen LogP contribution in [0, 0.1) is 0 Å². The summed E-state index contributed by atoms with van der Waals surface area (Å²) in [6, 6.07) is -0.210. The highest BCUT2D eigenvalue weighted by Crippen LogP contribution is 2.05. The summed E-state index contributed by atoms with van der Waals surface area (Å²) in [6.07, 6.45) is 0. The van der Waals surface area contributed by atoms with Crippen LogP contribution < -0.4 is 0 Å². The average molecular weight is 210 g/mol. The third-order valence-corrected chi connectivity index (χ3v) is 1.95. The number of hydrogen-bond donors (Lipinski definition) is 0. The van der Waals surface area contributed by atoms with Crippen molar-refractivity contribution in [3.8, 4) is 0 Å². The summed E-state index contributed by atoms with van der Waals surface area (Å²) in [5.74, 6) is -0.181. The van der Waals surface area contributed by atoms with Crippen molar-refractivity contribution >= 4 is 18.4 Å². The Labute approximate surface area is 84.6 Å². The monoisotopic (exact) mass is 209 g/mol. The van der Waals surface area contributed by atoms with Gasteiger partial charge in [-0.25, -0.2) is 0 Å². The summed E-state index contributed by atoms with van der Waals surface area (Å²) in [4.78, 5) is 13.2. The zero-order valence-electron chi connectivity index (χ0n) is 7.99. The Morgan fingerprint density at radius 1 is 1.69 bits per heavy atom. The number of carbonyl (C=O) groups is 1. The van der Waals surface area contributed by atoms with Crippen LogP contribution in [0.1, 0.15) is 6.92 Å². The molecule has 1 atom stereocenters. The topological polar surface area (TPSA) is 38.8 Å². The molecule has 0 aromatic rings. The fourth-order valence-corrected chi connectivity index (χ4v) is 1.17. The van der Waals surface area contributed by atoms with Crippen molar-refractivity contribution < 1.29 is 14.3 Å². The third kappa shape index (κ3) is 3.50. The average Bonchev–Trinajstić information content (AvgIpc) is 2.05. The van der Waals surface area contributed by atoms with E-state index in [1.165, 1.54) is 0 Å². The van der Waals surface area contributed by atoms with Crippen LogP contribution in [0.4, 0.5) is 0 Å². The molecule has 0 N–H and O–H groups in total. The third-order valence-electron chi connectivity index (χ3n) is 1.95. The van der Waals surface area contributed by atoms with Crippen molar-refractivity contribution in [1.82, 2.24) is 4.90 Å². The van der Waals surface area contributed by atoms with E-state index in [1.54, 1.807) is 0 Å². The van der Waals surface area contributed by atoms with Crippen molar-refractivity contribution in [2.45, 2.75) is 13.0 Å². The van der Waals surface area contributed by atoms with Crippen LogP contribution in [-0.4, -0.2) is 50.3 Å². The smallest absolute Gasteiger partial charge is 0.325 e. The number of carbonyl (C=O) groups excluding carboxylic acids is 1. The van der Waals surface area contributed by atoms with Crippen molar-refractivity contribution in [3.63, 3.8) is 0 Å². The van der Waals surface area contributed by atoms with Crippen LogP contribution in [0.3, 0.4) is 0 Å². The molecule has 1 unspecified atom stereocenters. The predicted molar refractivity (Wildman–Crippen MR) is 51.1 cm³/mol. The summed E-state index contributed by atoms with van der Waals surface area (Å²) in [7, 11) is 1.91. The van der Waals surface area contributed by atoms with Gasteiger partial charge >= 0.3 is 5.97 Å². The van der Waals surface area contributed by atoms with Gasteiger partial charge in [0.15, 0.2) is 0 Å². The molecule has 1 aliphatic heterocycles. The maximum atomic E-state index is 11.3. The van der Waals surface area contributed by atoms with Gasteiger partial charge in [-0.3, -0.25) is 9.69 Å². The second kappa shape index (κ2) is 6.18. The second-order valence-electron chi connectivity index (χ2n) is 2.82. The van der Waals surface area contributed by atoms with Gasteiger partial charge in [0.2, 0.25) is 0 Å². The first-order chi connectivity index (χ1) is 5.75. The maximum absolute atomic E-state index is 11.3. The number of rotatable bonds is 2. The van der Waals surface area contributed by atoms with Crippen LogP contribution in [-0.2, 0) is 14.3 Å². The van der Waals surface area contributed by atoms with E-state index in [0.29, 0.717) is 19.8 Å². The Morgan fingerprint density at radius 2 is 2.38 bits per heavy atom. The first kappa shape index (κ1) is 12.7. The SMILES string of the molecule is CCOC(=O)C1COCCN1C.Cl. The van der Waals surface area contributed by atoms with E-state index in [-0.39, 0.29) is 24.4 Å². The van der Waals surface area contributed by atoms with E-state index in [4.69, 9.17) is 9.47 Å². The van der Waals surface area contributed by atoms with Gasteiger partial charge in [0, 0.05) is 6.54 Å². The Morgan fingerprint density at radius 3 is 2.92 bits per heavy atom. The van der Waals surface area contributed by atoms with Crippen molar-refractivity contribution in [2.75, 3.05) is 33.4 Å². The Kier molecular flexibility index (Phi) is 6.03. The molecule has 78 valence electrons. The molecule has 0 saturated carbocycles. The van der Waals surface area contributed by atoms with Gasteiger partial charge in [0.25, 0.3) is 0 Å². The van der Waals surface area contributed by atoms with Crippen molar-refractivity contribution in [3.05, 3.63) is 0 Å². The number of hydrogen-bond acceptors (Lipinski definition) is 4. The fourth-order valence-electron chi connectivity index (χ4n) is 1.17. The molecule has 1 rings (SSSR count). The highest BCUT2D eigenvalue weighted by molar-refractivity contribution is 5.85. The number of esters is 1. The van der Waals surface area contributed by atoms with E-state index in [2.05, 4.69) is 0 Å². The molecule has 0 aromatic heterocycles. The van der Waals surface area contributed by atoms with Crippen LogP contribution in [0.2, 0.25) is 0 Å². The molecule has 0 radical (unpaired) electrons. The van der Waals surface area contributed by atoms with Gasteiger partial charge in [0.05, 0.1) is 19.8 Å². The molecule has 0 amide bonds. The van der Waals surface area contributed by atoms with Gasteiger partial charge < -0.3 is 9.47 Å². The number of nitrogens with zero attached hydrogens (tertiary/aromatic N) is 1. The summed E-state index contributed by atoms with van der Waals surface area (Å²) in [5.41, 5.74) is 0. The molecular weight excluding hydrogens is 194 g/mol. The lowest BCUT2D eigenvalue weighted by Crippen LogP contribution is -2.48. The second-order valence-corrected chi connectivity index (χ2v) is 2.82. The van der Waals surface area contributed by atoms with Gasteiger partial charge in [-0.2, -0.15) is 0 Å². The molecule has 4 nitrogen and oxygen atoms in total. The lowest BCUT2D eigenvalue weighted by Gasteiger charge is -2.30. The first-order valence-electron chi connectivity index (χ1n) is 4.20. The van der Waals surface area contributed by atoms with Crippen LogP contribution in [0.5, 0.6) is 0 Å². The molecular formula is C8H16ClNO3. The van der Waals surface area contributed by atoms with Gasteiger partial charge in [-0.15, -0.1) is 12.4 Å². The fraction of sp³-hybridized carbons (Fsp3) is 0.875. The van der Waals surface area contributed by atoms with Crippen LogP contribution in [0.25, 0.3) is 0 Å². The van der Waals surface area contributed by atoms with Crippen LogP contribution >= 0.6 is 12.4 Å². The van der Waals surface area contributed by atoms with E-state index in [1.807, 2.05) is 18.9 Å². The van der Waals surface area contributed by atoms with Gasteiger partial charge in [0.1, 0.15) is 6.04 Å². The number of morpholine rings is 1. The predicted octanol–water partition coefficient (Wildman–Crippen LogP) is 0.302. The summed E-state index contributed by atoms with van der Waals surface area (Å²) in [5, 5.41) is 0. The first-order valence-corrected chi connectivity index (χ1v) is 4.20. The van der Waals surface area contributed by atoms with E-state index < -0.39 is 0 Å². The minimum atomic E-state index is -0.210. The minimum absolute atomic E-state index is 0. The minimum Gasteiger partial charge on any atom is -0.465 e. The molecule has 1 saturated heterocycles. The maximum Gasteiger partial charge on any atom is 0.325 e. The molecule has 5 heteroatoms. The van der Waals surface area contributed by atoms with E-state index in [9.17, 15) is 4.79 Å². The molecule has 1 aliphatic rings. The van der Waals surface area contributed by atoms with Crippen molar-refractivity contribution in [1.29, 1.82) is 0 Å². The highest BCUT2D eigenvalue weighted by atomic mass is 35.5. The Balaban J connectivity index is 0.00000144. The Hall–Kier alpha value is -0.320. The molecule has 1 heterocycles. The number of ether oxygens (including phenoxy) is 2. The molecule has 0 aliphatic carbocycles. The normalized spacial score (nSPS) is 23.4. The zero-order chi connectivity index (χ0) is 8.97. The molecule has 13 heavy (non-hydrogen) atoms. The molecule has 0 aromatic carbocycles. The standard InChI is InChI=1S/C8H15NO3.ClH/c1-3-12-8(10)7-6-11-5-4-9(7)2;/h7H,3-6H2,1-2H3;1H. The number of halogens is 1. The number of likely N-dealkylation sites (N-methyl/N-ethyl adjacent to an activating group) is 1. The van der Waals surface area contributed by atoms with Crippen LogP contribution in [0.15, 0.2) is 0 Å². The quantitative estimate of drug-likeness (QED) is 0.614.